The molecule has 0 aliphatic carbocycles. The van der Waals surface area contributed by atoms with Crippen molar-refractivity contribution < 1.29 is 18.4 Å². The van der Waals surface area contributed by atoms with Gasteiger partial charge < -0.3 is 14.0 Å². The molecule has 0 bridgehead atoms. The first-order valence-corrected chi connectivity index (χ1v) is 7.05. The Balaban J connectivity index is 1.96. The molecule has 2 aliphatic rings. The molecule has 1 saturated heterocycles. The Labute approximate surface area is 119 Å². The maximum atomic E-state index is 14.3. The minimum atomic E-state index is -0.645. The third kappa shape index (κ3) is 2.18. The van der Waals surface area contributed by atoms with Gasteiger partial charge in [-0.25, -0.2) is 4.39 Å². The molecule has 0 atom stereocenters. The maximum Gasteiger partial charge on any atom is 0.497 e. The Morgan fingerprint density at radius 1 is 1.05 bits per heavy atom. The van der Waals surface area contributed by atoms with E-state index in [1.807, 2.05) is 33.8 Å². The minimum Gasteiger partial charge on any atom is -0.399 e. The molecule has 0 amide bonds. The predicted molar refractivity (Wildman–Crippen MR) is 75.5 cm³/mol. The molecule has 1 aromatic carbocycles. The summed E-state index contributed by atoms with van der Waals surface area (Å²) in [4.78, 5) is 0. The molecule has 0 spiro atoms. The molecular weight excluding hydrogens is 258 g/mol. The summed E-state index contributed by atoms with van der Waals surface area (Å²) >= 11 is 0. The number of rotatable bonds is 1. The van der Waals surface area contributed by atoms with Crippen LogP contribution in [0.4, 0.5) is 4.39 Å². The lowest BCUT2D eigenvalue weighted by atomic mass is 9.76. The van der Waals surface area contributed by atoms with Gasteiger partial charge in [0, 0.05) is 5.46 Å². The molecule has 0 radical (unpaired) electrons. The van der Waals surface area contributed by atoms with Gasteiger partial charge in [0.25, 0.3) is 0 Å². The van der Waals surface area contributed by atoms with Crippen molar-refractivity contribution in [1.82, 2.24) is 0 Å². The normalized spacial score (nSPS) is 23.8. The van der Waals surface area contributed by atoms with Crippen molar-refractivity contribution >= 4 is 12.6 Å². The first-order valence-electron chi connectivity index (χ1n) is 7.05. The Morgan fingerprint density at radius 2 is 1.70 bits per heavy atom. The quantitative estimate of drug-likeness (QED) is 0.737. The molecule has 1 fully saturated rings. The molecule has 3 nitrogen and oxygen atoms in total. The molecule has 0 aromatic heterocycles. The van der Waals surface area contributed by atoms with Crippen LogP contribution in [0, 0.1) is 5.82 Å². The minimum absolute atomic E-state index is 0.284. The smallest absolute Gasteiger partial charge is 0.399 e. The Bertz CT molecular complexity index is 526. The summed E-state index contributed by atoms with van der Waals surface area (Å²) in [5, 5.41) is 0. The molecule has 0 unspecified atom stereocenters. The topological polar surface area (TPSA) is 27.7 Å². The van der Waals surface area contributed by atoms with Crippen molar-refractivity contribution in [3.63, 3.8) is 0 Å². The van der Waals surface area contributed by atoms with E-state index in [0.29, 0.717) is 18.7 Å². The Morgan fingerprint density at radius 3 is 2.35 bits per heavy atom. The fourth-order valence-electron chi connectivity index (χ4n) is 2.56. The lowest BCUT2D eigenvalue weighted by molar-refractivity contribution is 0.00578. The third-order valence-corrected chi connectivity index (χ3v) is 4.60. The van der Waals surface area contributed by atoms with Crippen LogP contribution in [0.1, 0.15) is 38.8 Å². The van der Waals surface area contributed by atoms with Crippen LogP contribution in [-0.2, 0) is 27.1 Å². The summed E-state index contributed by atoms with van der Waals surface area (Å²) in [6.07, 6.45) is 0.808. The average Bonchev–Trinajstić information content (AvgIpc) is 2.57. The Kier molecular flexibility index (Phi) is 3.20. The third-order valence-electron chi connectivity index (χ3n) is 4.60. The standard InChI is InChI=1S/C15H20BFO3/c1-14(2)15(3,4)20-16(19-14)12-7-10-5-6-18-9-11(10)8-13(12)17/h7-8H,5-6,9H2,1-4H3. The van der Waals surface area contributed by atoms with Crippen molar-refractivity contribution in [1.29, 1.82) is 0 Å². The lowest BCUT2D eigenvalue weighted by Gasteiger charge is -2.32. The zero-order chi connectivity index (χ0) is 14.5. The Hall–Kier alpha value is -0.905. The second kappa shape index (κ2) is 4.55. The molecule has 108 valence electrons. The highest BCUT2D eigenvalue weighted by molar-refractivity contribution is 6.62. The highest BCUT2D eigenvalue weighted by Gasteiger charge is 2.52. The van der Waals surface area contributed by atoms with Crippen molar-refractivity contribution in [2.45, 2.75) is 51.9 Å². The summed E-state index contributed by atoms with van der Waals surface area (Å²) in [5.41, 5.74) is 1.63. The number of benzene rings is 1. The molecule has 2 aliphatic heterocycles. The molecule has 0 N–H and O–H groups in total. The molecule has 3 rings (SSSR count). The fourth-order valence-corrected chi connectivity index (χ4v) is 2.56. The molecule has 5 heteroatoms. The van der Waals surface area contributed by atoms with Gasteiger partial charge in [-0.3, -0.25) is 0 Å². The van der Waals surface area contributed by atoms with E-state index in [9.17, 15) is 4.39 Å². The SMILES string of the molecule is CC1(C)OB(c2cc3c(cc2F)COCC3)OC1(C)C. The van der Waals surface area contributed by atoms with Crippen molar-refractivity contribution in [3.8, 4) is 0 Å². The number of halogens is 1. The summed E-state index contributed by atoms with van der Waals surface area (Å²) in [5.74, 6) is -0.284. The molecular formula is C15H20BFO3. The molecule has 1 aromatic rings. The summed E-state index contributed by atoms with van der Waals surface area (Å²) in [7, 11) is -0.645. The molecule has 20 heavy (non-hydrogen) atoms. The van der Waals surface area contributed by atoms with Gasteiger partial charge in [0.2, 0.25) is 0 Å². The highest BCUT2D eigenvalue weighted by Crippen LogP contribution is 2.36. The zero-order valence-electron chi connectivity index (χ0n) is 12.5. The van der Waals surface area contributed by atoms with Gasteiger partial charge in [-0.1, -0.05) is 6.07 Å². The number of ether oxygens (including phenoxy) is 1. The van der Waals surface area contributed by atoms with Gasteiger partial charge in [0.1, 0.15) is 5.82 Å². The van der Waals surface area contributed by atoms with Crippen LogP contribution in [-0.4, -0.2) is 24.9 Å². The van der Waals surface area contributed by atoms with E-state index in [0.717, 1.165) is 17.5 Å². The van der Waals surface area contributed by atoms with Crippen LogP contribution in [0.5, 0.6) is 0 Å². The van der Waals surface area contributed by atoms with E-state index in [2.05, 4.69) is 0 Å². The monoisotopic (exact) mass is 278 g/mol. The van der Waals surface area contributed by atoms with Crippen LogP contribution < -0.4 is 5.46 Å². The zero-order valence-corrected chi connectivity index (χ0v) is 12.5. The van der Waals surface area contributed by atoms with Crippen LogP contribution in [0.15, 0.2) is 12.1 Å². The molecule has 0 saturated carbocycles. The van der Waals surface area contributed by atoms with E-state index in [1.165, 1.54) is 0 Å². The number of fused-ring (bicyclic) bond motifs is 1. The van der Waals surface area contributed by atoms with Gasteiger partial charge in [-0.05, 0) is 51.3 Å². The highest BCUT2D eigenvalue weighted by atomic mass is 19.1. The van der Waals surface area contributed by atoms with Crippen molar-refractivity contribution in [3.05, 3.63) is 29.1 Å². The number of hydrogen-bond acceptors (Lipinski definition) is 3. The predicted octanol–water partition coefficient (Wildman–Crippen LogP) is 2.20. The summed E-state index contributed by atoms with van der Waals surface area (Å²) < 4.78 is 31.5. The van der Waals surface area contributed by atoms with Gasteiger partial charge in [0.05, 0.1) is 24.4 Å². The van der Waals surface area contributed by atoms with Crippen LogP contribution in [0.3, 0.4) is 0 Å². The van der Waals surface area contributed by atoms with E-state index < -0.39 is 18.3 Å². The lowest BCUT2D eigenvalue weighted by Crippen LogP contribution is -2.41. The summed E-state index contributed by atoms with van der Waals surface area (Å²) in [6.45, 7) is 9.04. The van der Waals surface area contributed by atoms with E-state index in [-0.39, 0.29) is 5.82 Å². The van der Waals surface area contributed by atoms with Crippen LogP contribution in [0.25, 0.3) is 0 Å². The fraction of sp³-hybridized carbons (Fsp3) is 0.600. The van der Waals surface area contributed by atoms with Crippen LogP contribution >= 0.6 is 0 Å². The summed E-state index contributed by atoms with van der Waals surface area (Å²) in [6, 6.07) is 3.42. The largest absolute Gasteiger partial charge is 0.497 e. The van der Waals surface area contributed by atoms with Crippen LogP contribution in [0.2, 0.25) is 0 Å². The second-order valence-corrected chi connectivity index (χ2v) is 6.53. The maximum absolute atomic E-state index is 14.3. The first kappa shape index (κ1) is 14.0. The van der Waals surface area contributed by atoms with Crippen molar-refractivity contribution in [2.24, 2.45) is 0 Å². The van der Waals surface area contributed by atoms with Gasteiger partial charge in [-0.2, -0.15) is 0 Å². The molecule has 2 heterocycles. The first-order chi connectivity index (χ1) is 9.30. The average molecular weight is 278 g/mol. The number of hydrogen-bond donors (Lipinski definition) is 0. The van der Waals surface area contributed by atoms with Crippen molar-refractivity contribution in [2.75, 3.05) is 6.61 Å². The van der Waals surface area contributed by atoms with Gasteiger partial charge in [-0.15, -0.1) is 0 Å². The van der Waals surface area contributed by atoms with E-state index in [4.69, 9.17) is 14.0 Å². The van der Waals surface area contributed by atoms with Gasteiger partial charge >= 0.3 is 7.12 Å². The van der Waals surface area contributed by atoms with E-state index >= 15 is 0 Å². The van der Waals surface area contributed by atoms with E-state index in [1.54, 1.807) is 6.07 Å². The second-order valence-electron chi connectivity index (χ2n) is 6.53. The van der Waals surface area contributed by atoms with Gasteiger partial charge in [0.15, 0.2) is 0 Å².